The number of nitrogens with one attached hydrogen (secondary N) is 1. The van der Waals surface area contributed by atoms with E-state index in [1.54, 1.807) is 6.07 Å². The van der Waals surface area contributed by atoms with Crippen LogP contribution in [0.2, 0.25) is 5.02 Å². The number of fused-ring (bicyclic) bond motifs is 1. The van der Waals surface area contributed by atoms with Gasteiger partial charge in [-0.2, -0.15) is 0 Å². The molecule has 1 unspecified atom stereocenters. The largest absolute Gasteiger partial charge is 0.454 e. The molecule has 1 aromatic carbocycles. The Morgan fingerprint density at radius 1 is 1.29 bits per heavy atom. The minimum Gasteiger partial charge on any atom is -0.454 e. The number of benzene rings is 1. The molecular weight excluding hydrogens is 250 g/mol. The van der Waals surface area contributed by atoms with Gasteiger partial charge in [-0.1, -0.05) is 11.6 Å². The molecule has 7 heteroatoms. The van der Waals surface area contributed by atoms with E-state index in [0.29, 0.717) is 22.1 Å². The zero-order valence-corrected chi connectivity index (χ0v) is 9.11. The Hall–Kier alpha value is -1.95. The molecule has 0 saturated carbocycles. The lowest BCUT2D eigenvalue weighted by Gasteiger charge is -2.08. The Labute approximate surface area is 100 Å². The predicted octanol–water partition coefficient (Wildman–Crippen LogP) is 1.38. The van der Waals surface area contributed by atoms with E-state index in [9.17, 15) is 9.59 Å². The first-order valence-electron chi connectivity index (χ1n) is 4.75. The molecule has 1 saturated heterocycles. The van der Waals surface area contributed by atoms with Gasteiger partial charge in [0, 0.05) is 5.56 Å². The minimum absolute atomic E-state index is 0.0785. The van der Waals surface area contributed by atoms with Crippen molar-refractivity contribution >= 4 is 23.6 Å². The maximum absolute atomic E-state index is 11.4. The second kappa shape index (κ2) is 3.53. The normalized spacial score (nSPS) is 21.4. The summed E-state index contributed by atoms with van der Waals surface area (Å²) in [6.07, 6.45) is -1.76. The second-order valence-corrected chi connectivity index (χ2v) is 3.92. The fourth-order valence-corrected chi connectivity index (χ4v) is 1.99. The number of hydrogen-bond acceptors (Lipinski definition) is 5. The maximum Gasteiger partial charge on any atom is 0.415 e. The number of amides is 2. The molecule has 2 amide bonds. The highest BCUT2D eigenvalue weighted by Gasteiger charge is 2.35. The molecule has 1 N–H and O–H groups in total. The monoisotopic (exact) mass is 255 g/mol. The van der Waals surface area contributed by atoms with E-state index in [1.165, 1.54) is 6.07 Å². The van der Waals surface area contributed by atoms with Crippen molar-refractivity contribution in [3.8, 4) is 11.5 Å². The summed E-state index contributed by atoms with van der Waals surface area (Å²) in [6.45, 7) is 0.0785. The number of ether oxygens (including phenoxy) is 3. The van der Waals surface area contributed by atoms with Gasteiger partial charge in [0.05, 0.1) is 5.02 Å². The van der Waals surface area contributed by atoms with Crippen molar-refractivity contribution in [2.75, 3.05) is 6.79 Å². The number of halogens is 1. The molecule has 0 aliphatic carbocycles. The summed E-state index contributed by atoms with van der Waals surface area (Å²) in [4.78, 5) is 22.3. The molecule has 2 aliphatic rings. The average Bonchev–Trinajstić information content (AvgIpc) is 2.84. The van der Waals surface area contributed by atoms with Gasteiger partial charge in [0.2, 0.25) is 12.9 Å². The molecule has 1 aromatic rings. The van der Waals surface area contributed by atoms with Crippen molar-refractivity contribution in [3.05, 3.63) is 22.7 Å². The van der Waals surface area contributed by atoms with Crippen LogP contribution < -0.4 is 14.8 Å². The molecule has 0 aromatic heterocycles. The van der Waals surface area contributed by atoms with Crippen molar-refractivity contribution in [2.45, 2.75) is 6.10 Å². The Kier molecular flexibility index (Phi) is 2.12. The number of cyclic esters (lactones) is 1. The fraction of sp³-hybridized carbons (Fsp3) is 0.200. The van der Waals surface area contributed by atoms with Crippen LogP contribution in [0.3, 0.4) is 0 Å². The molecule has 0 radical (unpaired) electrons. The molecule has 0 spiro atoms. The zero-order chi connectivity index (χ0) is 12.0. The smallest absolute Gasteiger partial charge is 0.415 e. The lowest BCUT2D eigenvalue weighted by molar-refractivity contribution is -0.123. The van der Waals surface area contributed by atoms with Crippen LogP contribution in [0, 0.1) is 0 Å². The summed E-state index contributed by atoms with van der Waals surface area (Å²) in [7, 11) is 0. The van der Waals surface area contributed by atoms with E-state index in [1.807, 2.05) is 5.32 Å². The molecule has 3 rings (SSSR count). The molecule has 88 valence electrons. The van der Waals surface area contributed by atoms with Crippen molar-refractivity contribution in [2.24, 2.45) is 0 Å². The van der Waals surface area contributed by atoms with E-state index in [0.717, 1.165) is 0 Å². The van der Waals surface area contributed by atoms with E-state index < -0.39 is 18.1 Å². The lowest BCUT2D eigenvalue weighted by atomic mass is 10.1. The van der Waals surface area contributed by atoms with Gasteiger partial charge in [-0.05, 0) is 12.1 Å². The maximum atomic E-state index is 11.4. The van der Waals surface area contributed by atoms with Crippen LogP contribution in [0.1, 0.15) is 11.7 Å². The highest BCUT2D eigenvalue weighted by molar-refractivity contribution is 6.32. The van der Waals surface area contributed by atoms with E-state index in [-0.39, 0.29) is 6.79 Å². The van der Waals surface area contributed by atoms with E-state index >= 15 is 0 Å². The van der Waals surface area contributed by atoms with Crippen molar-refractivity contribution in [1.82, 2.24) is 5.32 Å². The third-order valence-corrected chi connectivity index (χ3v) is 2.72. The van der Waals surface area contributed by atoms with Gasteiger partial charge in [0.15, 0.2) is 11.5 Å². The summed E-state index contributed by atoms with van der Waals surface area (Å²) >= 11 is 5.96. The lowest BCUT2D eigenvalue weighted by Crippen LogP contribution is -2.20. The van der Waals surface area contributed by atoms with Crippen LogP contribution >= 0.6 is 11.6 Å². The Bertz CT molecular complexity index is 530. The SMILES string of the molecule is O=C1NC(=O)C(c2cc(Cl)c3c(c2)OCO3)O1. The van der Waals surface area contributed by atoms with Gasteiger partial charge in [0.1, 0.15) is 0 Å². The highest BCUT2D eigenvalue weighted by Crippen LogP contribution is 2.41. The first-order valence-corrected chi connectivity index (χ1v) is 5.13. The van der Waals surface area contributed by atoms with E-state index in [4.69, 9.17) is 25.8 Å². The molecule has 6 nitrogen and oxygen atoms in total. The molecule has 0 bridgehead atoms. The average molecular weight is 256 g/mol. The first-order chi connectivity index (χ1) is 8.15. The summed E-state index contributed by atoms with van der Waals surface area (Å²) in [5.41, 5.74) is 0.447. The quantitative estimate of drug-likeness (QED) is 0.821. The van der Waals surface area contributed by atoms with Gasteiger partial charge < -0.3 is 14.2 Å². The minimum atomic E-state index is -0.991. The van der Waals surface area contributed by atoms with Gasteiger partial charge in [-0.3, -0.25) is 10.1 Å². The number of rotatable bonds is 1. The zero-order valence-electron chi connectivity index (χ0n) is 8.36. The molecule has 1 atom stereocenters. The molecular formula is C10H6ClNO5. The van der Waals surface area contributed by atoms with Crippen LogP contribution in [-0.4, -0.2) is 18.8 Å². The molecule has 1 fully saturated rings. The summed E-state index contributed by atoms with van der Waals surface area (Å²) in [5.74, 6) is 0.341. The van der Waals surface area contributed by atoms with Crippen molar-refractivity contribution < 1.29 is 23.8 Å². The predicted molar refractivity (Wildman–Crippen MR) is 54.9 cm³/mol. The highest BCUT2D eigenvalue weighted by atomic mass is 35.5. The molecule has 2 aliphatic heterocycles. The van der Waals surface area contributed by atoms with Crippen LogP contribution in [-0.2, 0) is 9.53 Å². The Balaban J connectivity index is 2.02. The number of carbonyl (C=O) groups excluding carboxylic acids is 2. The van der Waals surface area contributed by atoms with Gasteiger partial charge in [-0.25, -0.2) is 4.79 Å². The fourth-order valence-electron chi connectivity index (χ4n) is 1.71. The molecule has 17 heavy (non-hydrogen) atoms. The topological polar surface area (TPSA) is 73.9 Å². The number of imide groups is 1. The number of alkyl carbamates (subject to hydrolysis) is 1. The Morgan fingerprint density at radius 3 is 2.82 bits per heavy atom. The van der Waals surface area contributed by atoms with E-state index in [2.05, 4.69) is 0 Å². The van der Waals surface area contributed by atoms with Crippen LogP contribution in [0.4, 0.5) is 4.79 Å². The van der Waals surface area contributed by atoms with Gasteiger partial charge in [-0.15, -0.1) is 0 Å². The Morgan fingerprint density at radius 2 is 2.12 bits per heavy atom. The van der Waals surface area contributed by atoms with Gasteiger partial charge >= 0.3 is 6.09 Å². The summed E-state index contributed by atoms with van der Waals surface area (Å²) in [5, 5.41) is 2.35. The van der Waals surface area contributed by atoms with Crippen LogP contribution in [0.15, 0.2) is 12.1 Å². The van der Waals surface area contributed by atoms with Crippen LogP contribution in [0.25, 0.3) is 0 Å². The number of carbonyl (C=O) groups is 2. The summed E-state index contributed by atoms with van der Waals surface area (Å²) in [6, 6.07) is 3.08. The standard InChI is InChI=1S/C10H6ClNO5/c11-5-1-4(2-6-8(5)16-3-15-6)7-9(13)12-10(14)17-7/h1-2,7H,3H2,(H,12,13,14). The third-order valence-electron chi connectivity index (χ3n) is 2.44. The van der Waals surface area contributed by atoms with Crippen molar-refractivity contribution in [3.63, 3.8) is 0 Å². The van der Waals surface area contributed by atoms with Crippen LogP contribution in [0.5, 0.6) is 11.5 Å². The van der Waals surface area contributed by atoms with Crippen molar-refractivity contribution in [1.29, 1.82) is 0 Å². The number of hydrogen-bond donors (Lipinski definition) is 1. The molecule has 2 heterocycles. The van der Waals surface area contributed by atoms with Gasteiger partial charge in [0.25, 0.3) is 5.91 Å². The third kappa shape index (κ3) is 1.57. The first kappa shape index (κ1) is 10.2. The second-order valence-electron chi connectivity index (χ2n) is 3.51. The summed E-state index contributed by atoms with van der Waals surface area (Å²) < 4.78 is 15.1.